The van der Waals surface area contributed by atoms with Crippen molar-refractivity contribution >= 4 is 0 Å². The first-order valence-corrected chi connectivity index (χ1v) is 7.11. The largest absolute Gasteiger partial charge is 0.389 e. The first-order valence-electron chi connectivity index (χ1n) is 7.11. The van der Waals surface area contributed by atoms with Crippen LogP contribution in [0.4, 0.5) is 0 Å². The molecule has 0 saturated heterocycles. The van der Waals surface area contributed by atoms with Crippen LogP contribution in [0.25, 0.3) is 5.69 Å². The maximum Gasteiger partial charge on any atom is 0.0897 e. The second-order valence-corrected chi connectivity index (χ2v) is 5.14. The highest BCUT2D eigenvalue weighted by atomic mass is 16.5. The molecule has 0 saturated carbocycles. The van der Waals surface area contributed by atoms with Crippen LogP contribution in [0.15, 0.2) is 30.3 Å². The normalized spacial score (nSPS) is 12.6. The Hall–Kier alpha value is -1.69. The fourth-order valence-corrected chi connectivity index (χ4v) is 2.37. The standard InChI is InChI=1S/C16H23N3O2/c1-12-16(10-17-9-15(20)11-21-3)13(2)19(18-12)14-7-5-4-6-8-14/h4-8,15,17,20H,9-11H2,1-3H3. The summed E-state index contributed by atoms with van der Waals surface area (Å²) in [6, 6.07) is 10.1. The minimum Gasteiger partial charge on any atom is -0.389 e. The van der Waals surface area contributed by atoms with Gasteiger partial charge in [-0.15, -0.1) is 0 Å². The third-order valence-corrected chi connectivity index (χ3v) is 3.48. The molecule has 0 spiro atoms. The minimum atomic E-state index is -0.486. The van der Waals surface area contributed by atoms with E-state index in [9.17, 15) is 5.11 Å². The topological polar surface area (TPSA) is 59.3 Å². The average molecular weight is 289 g/mol. The van der Waals surface area contributed by atoms with Crippen molar-refractivity contribution in [3.05, 3.63) is 47.3 Å². The molecule has 1 heterocycles. The van der Waals surface area contributed by atoms with E-state index in [2.05, 4.69) is 17.3 Å². The summed E-state index contributed by atoms with van der Waals surface area (Å²) in [6.45, 7) is 5.60. The second-order valence-electron chi connectivity index (χ2n) is 5.14. The molecule has 2 N–H and O–H groups in total. The molecule has 5 heteroatoms. The summed E-state index contributed by atoms with van der Waals surface area (Å²) in [4.78, 5) is 0. The average Bonchev–Trinajstić information content (AvgIpc) is 2.76. The van der Waals surface area contributed by atoms with Gasteiger partial charge in [-0.25, -0.2) is 4.68 Å². The molecule has 0 fully saturated rings. The Kier molecular flexibility index (Phi) is 5.50. The van der Waals surface area contributed by atoms with Gasteiger partial charge in [0.05, 0.1) is 24.1 Å². The monoisotopic (exact) mass is 289 g/mol. The summed E-state index contributed by atoms with van der Waals surface area (Å²) in [5, 5.41) is 17.5. The number of methoxy groups -OCH3 is 1. The van der Waals surface area contributed by atoms with Crippen LogP contribution in [0.2, 0.25) is 0 Å². The molecule has 2 aromatic rings. The molecule has 0 aliphatic heterocycles. The summed E-state index contributed by atoms with van der Waals surface area (Å²) < 4.78 is 6.87. The molecule has 0 bridgehead atoms. The number of aromatic nitrogens is 2. The van der Waals surface area contributed by atoms with E-state index in [-0.39, 0.29) is 0 Å². The predicted molar refractivity (Wildman–Crippen MR) is 82.6 cm³/mol. The van der Waals surface area contributed by atoms with E-state index in [1.807, 2.05) is 41.9 Å². The van der Waals surface area contributed by atoms with E-state index >= 15 is 0 Å². The summed E-state index contributed by atoms with van der Waals surface area (Å²) in [7, 11) is 1.58. The first-order chi connectivity index (χ1) is 10.1. The number of rotatable bonds is 7. The molecule has 0 aliphatic carbocycles. The van der Waals surface area contributed by atoms with Gasteiger partial charge in [-0.05, 0) is 26.0 Å². The molecule has 0 radical (unpaired) electrons. The summed E-state index contributed by atoms with van der Waals surface area (Å²) in [5.74, 6) is 0. The van der Waals surface area contributed by atoms with Gasteiger partial charge in [-0.3, -0.25) is 0 Å². The number of aliphatic hydroxyl groups excluding tert-OH is 1. The highest BCUT2D eigenvalue weighted by molar-refractivity contribution is 5.36. The van der Waals surface area contributed by atoms with Gasteiger partial charge in [0.1, 0.15) is 0 Å². The molecule has 1 aromatic heterocycles. The van der Waals surface area contributed by atoms with Crippen molar-refractivity contribution in [2.75, 3.05) is 20.3 Å². The Morgan fingerprint density at radius 3 is 2.67 bits per heavy atom. The highest BCUT2D eigenvalue weighted by Crippen LogP contribution is 2.17. The van der Waals surface area contributed by atoms with Gasteiger partial charge in [0, 0.05) is 31.5 Å². The van der Waals surface area contributed by atoms with Crippen LogP contribution in [0.1, 0.15) is 17.0 Å². The van der Waals surface area contributed by atoms with E-state index in [0.717, 1.165) is 17.1 Å². The molecule has 21 heavy (non-hydrogen) atoms. The van der Waals surface area contributed by atoms with Crippen molar-refractivity contribution in [3.63, 3.8) is 0 Å². The van der Waals surface area contributed by atoms with Gasteiger partial charge < -0.3 is 15.2 Å². The van der Waals surface area contributed by atoms with Crippen LogP contribution in [0.3, 0.4) is 0 Å². The number of benzene rings is 1. The number of ether oxygens (including phenoxy) is 1. The molecule has 0 aliphatic rings. The van der Waals surface area contributed by atoms with Gasteiger partial charge in [0.15, 0.2) is 0 Å². The first kappa shape index (κ1) is 15.7. The summed E-state index contributed by atoms with van der Waals surface area (Å²) in [6.07, 6.45) is -0.486. The van der Waals surface area contributed by atoms with Crippen molar-refractivity contribution in [1.82, 2.24) is 15.1 Å². The van der Waals surface area contributed by atoms with Gasteiger partial charge in [-0.2, -0.15) is 5.10 Å². The number of hydrogen-bond donors (Lipinski definition) is 2. The van der Waals surface area contributed by atoms with Gasteiger partial charge in [0.2, 0.25) is 0 Å². The van der Waals surface area contributed by atoms with Crippen molar-refractivity contribution in [3.8, 4) is 5.69 Å². The zero-order valence-corrected chi connectivity index (χ0v) is 12.8. The molecule has 114 valence electrons. The molecule has 1 aromatic carbocycles. The minimum absolute atomic E-state index is 0.342. The Morgan fingerprint density at radius 1 is 1.29 bits per heavy atom. The number of aryl methyl sites for hydroxylation is 1. The quantitative estimate of drug-likeness (QED) is 0.812. The van der Waals surface area contributed by atoms with E-state index in [1.165, 1.54) is 5.56 Å². The Labute approximate surface area is 125 Å². The SMILES string of the molecule is COCC(O)CNCc1c(C)nn(-c2ccccc2)c1C. The zero-order chi connectivity index (χ0) is 15.2. The number of nitrogens with one attached hydrogen (secondary N) is 1. The van der Waals surface area contributed by atoms with Crippen LogP contribution in [0, 0.1) is 13.8 Å². The van der Waals surface area contributed by atoms with Crippen LogP contribution in [-0.4, -0.2) is 41.3 Å². The van der Waals surface area contributed by atoms with Crippen LogP contribution in [0.5, 0.6) is 0 Å². The lowest BCUT2D eigenvalue weighted by Crippen LogP contribution is -2.29. The van der Waals surface area contributed by atoms with E-state index in [4.69, 9.17) is 4.74 Å². The molecular formula is C16H23N3O2. The number of nitrogens with zero attached hydrogens (tertiary/aromatic N) is 2. The van der Waals surface area contributed by atoms with Gasteiger partial charge in [0.25, 0.3) is 0 Å². The Morgan fingerprint density at radius 2 is 2.00 bits per heavy atom. The van der Waals surface area contributed by atoms with Crippen molar-refractivity contribution in [2.45, 2.75) is 26.5 Å². The van der Waals surface area contributed by atoms with Crippen molar-refractivity contribution in [1.29, 1.82) is 0 Å². The zero-order valence-electron chi connectivity index (χ0n) is 12.8. The summed E-state index contributed by atoms with van der Waals surface area (Å²) in [5.41, 5.74) is 4.35. The third kappa shape index (κ3) is 3.91. The van der Waals surface area contributed by atoms with E-state index in [0.29, 0.717) is 19.7 Å². The maximum absolute atomic E-state index is 9.64. The van der Waals surface area contributed by atoms with Crippen LogP contribution < -0.4 is 5.32 Å². The fourth-order valence-electron chi connectivity index (χ4n) is 2.37. The molecular weight excluding hydrogens is 266 g/mol. The Balaban J connectivity index is 2.06. The molecule has 1 unspecified atom stereocenters. The second kappa shape index (κ2) is 7.36. The Bertz CT molecular complexity index is 566. The fraction of sp³-hybridized carbons (Fsp3) is 0.438. The molecule has 2 rings (SSSR count). The number of aliphatic hydroxyl groups is 1. The van der Waals surface area contributed by atoms with Crippen LogP contribution in [-0.2, 0) is 11.3 Å². The van der Waals surface area contributed by atoms with Crippen molar-refractivity contribution in [2.24, 2.45) is 0 Å². The van der Waals surface area contributed by atoms with Gasteiger partial charge >= 0.3 is 0 Å². The lowest BCUT2D eigenvalue weighted by Gasteiger charge is -2.11. The molecule has 5 nitrogen and oxygen atoms in total. The third-order valence-electron chi connectivity index (χ3n) is 3.48. The highest BCUT2D eigenvalue weighted by Gasteiger charge is 2.12. The number of hydrogen-bond acceptors (Lipinski definition) is 4. The maximum atomic E-state index is 9.64. The van der Waals surface area contributed by atoms with E-state index in [1.54, 1.807) is 7.11 Å². The number of para-hydroxylation sites is 1. The molecule has 1 atom stereocenters. The van der Waals surface area contributed by atoms with E-state index < -0.39 is 6.10 Å². The lowest BCUT2D eigenvalue weighted by molar-refractivity contribution is 0.0644. The molecule has 0 amide bonds. The van der Waals surface area contributed by atoms with Crippen molar-refractivity contribution < 1.29 is 9.84 Å². The predicted octanol–water partition coefficient (Wildman–Crippen LogP) is 1.59. The summed E-state index contributed by atoms with van der Waals surface area (Å²) >= 11 is 0. The van der Waals surface area contributed by atoms with Gasteiger partial charge in [-0.1, -0.05) is 18.2 Å². The lowest BCUT2D eigenvalue weighted by atomic mass is 10.2. The smallest absolute Gasteiger partial charge is 0.0897 e. The van der Waals surface area contributed by atoms with Crippen LogP contribution >= 0.6 is 0 Å².